The monoisotopic (exact) mass is 228 g/mol. The molecule has 2 rings (SSSR count). The van der Waals surface area contributed by atoms with E-state index in [0.29, 0.717) is 12.8 Å². The Hall–Kier alpha value is -1.83. The van der Waals surface area contributed by atoms with Crippen LogP contribution in [0.4, 0.5) is 0 Å². The van der Waals surface area contributed by atoms with E-state index < -0.39 is 0 Å². The van der Waals surface area contributed by atoms with E-state index in [4.69, 9.17) is 4.42 Å². The molecule has 17 heavy (non-hydrogen) atoms. The van der Waals surface area contributed by atoms with Gasteiger partial charge in [-0.05, 0) is 31.5 Å². The average molecular weight is 228 g/mol. The second kappa shape index (κ2) is 5.00. The number of carbonyl (C=O) groups excluding carboxylic acids is 1. The molecule has 2 aromatic rings. The zero-order valence-electron chi connectivity index (χ0n) is 10.2. The van der Waals surface area contributed by atoms with Crippen LogP contribution in [0, 0.1) is 13.8 Å². The van der Waals surface area contributed by atoms with Crippen molar-refractivity contribution < 1.29 is 9.21 Å². The van der Waals surface area contributed by atoms with E-state index in [1.165, 1.54) is 5.56 Å². The number of carbonyl (C=O) groups is 1. The van der Waals surface area contributed by atoms with Gasteiger partial charge in [0.25, 0.3) is 0 Å². The third-order valence-electron chi connectivity index (χ3n) is 2.86. The highest BCUT2D eigenvalue weighted by Gasteiger charge is 2.09. The topological polar surface area (TPSA) is 30.2 Å². The van der Waals surface area contributed by atoms with Crippen LogP contribution in [0.3, 0.4) is 0 Å². The molecule has 0 saturated carbocycles. The lowest BCUT2D eigenvalue weighted by Gasteiger charge is -2.05. The number of Topliss-reactive ketones (excluding diaryl/α,β-unsaturated/α-hetero) is 1. The lowest BCUT2D eigenvalue weighted by molar-refractivity contribution is 0.0980. The fourth-order valence-electron chi connectivity index (χ4n) is 1.95. The zero-order valence-corrected chi connectivity index (χ0v) is 10.2. The minimum Gasteiger partial charge on any atom is -0.469 e. The lowest BCUT2D eigenvalue weighted by Crippen LogP contribution is -2.03. The van der Waals surface area contributed by atoms with Gasteiger partial charge in [-0.3, -0.25) is 4.79 Å². The van der Waals surface area contributed by atoms with E-state index in [1.54, 1.807) is 6.26 Å². The molecule has 0 N–H and O–H groups in total. The van der Waals surface area contributed by atoms with Gasteiger partial charge in [-0.15, -0.1) is 0 Å². The molecule has 0 bridgehead atoms. The molecule has 2 nitrogen and oxygen atoms in total. The van der Waals surface area contributed by atoms with Gasteiger partial charge < -0.3 is 4.42 Å². The van der Waals surface area contributed by atoms with Crippen LogP contribution >= 0.6 is 0 Å². The van der Waals surface area contributed by atoms with Crippen LogP contribution in [-0.4, -0.2) is 5.78 Å². The number of hydrogen-bond acceptors (Lipinski definition) is 2. The fraction of sp³-hybridized carbons (Fsp3) is 0.267. The van der Waals surface area contributed by atoms with Crippen molar-refractivity contribution in [2.75, 3.05) is 0 Å². The fourth-order valence-corrected chi connectivity index (χ4v) is 1.95. The normalized spacial score (nSPS) is 10.5. The minimum absolute atomic E-state index is 0.180. The molecule has 0 radical (unpaired) electrons. The van der Waals surface area contributed by atoms with Gasteiger partial charge in [0.2, 0.25) is 0 Å². The molecule has 0 atom stereocenters. The van der Waals surface area contributed by atoms with Gasteiger partial charge in [0.05, 0.1) is 6.26 Å². The van der Waals surface area contributed by atoms with Gasteiger partial charge >= 0.3 is 0 Å². The summed E-state index contributed by atoms with van der Waals surface area (Å²) in [6.07, 6.45) is 2.80. The Morgan fingerprint density at radius 3 is 2.71 bits per heavy atom. The molecule has 0 spiro atoms. The van der Waals surface area contributed by atoms with Crippen LogP contribution in [0.2, 0.25) is 0 Å². The number of benzene rings is 1. The van der Waals surface area contributed by atoms with Crippen LogP contribution in [0.25, 0.3) is 0 Å². The maximum atomic E-state index is 12.0. The van der Waals surface area contributed by atoms with Gasteiger partial charge in [0.15, 0.2) is 5.78 Å². The highest BCUT2D eigenvalue weighted by Crippen LogP contribution is 2.14. The van der Waals surface area contributed by atoms with E-state index in [1.807, 2.05) is 44.2 Å². The molecule has 0 aliphatic heterocycles. The summed E-state index contributed by atoms with van der Waals surface area (Å²) in [7, 11) is 0. The molecule has 1 aromatic heterocycles. The maximum absolute atomic E-state index is 12.0. The molecule has 0 fully saturated rings. The van der Waals surface area contributed by atoms with Gasteiger partial charge in [0, 0.05) is 18.4 Å². The third kappa shape index (κ3) is 2.84. The first kappa shape index (κ1) is 11.6. The highest BCUT2D eigenvalue weighted by molar-refractivity contribution is 5.97. The van der Waals surface area contributed by atoms with Gasteiger partial charge in [-0.25, -0.2) is 0 Å². The number of rotatable bonds is 4. The van der Waals surface area contributed by atoms with Crippen molar-refractivity contribution in [3.63, 3.8) is 0 Å². The smallest absolute Gasteiger partial charge is 0.163 e. The van der Waals surface area contributed by atoms with E-state index in [-0.39, 0.29) is 5.78 Å². The van der Waals surface area contributed by atoms with E-state index in [2.05, 4.69) is 0 Å². The summed E-state index contributed by atoms with van der Waals surface area (Å²) in [6, 6.07) is 9.68. The standard InChI is InChI=1S/C15H16O2/c1-11-5-7-14(12(2)10-11)15(16)8-6-13-4-3-9-17-13/h3-5,7,9-10H,6,8H2,1-2H3. The second-order valence-electron chi connectivity index (χ2n) is 4.32. The lowest BCUT2D eigenvalue weighted by atomic mass is 9.99. The van der Waals surface area contributed by atoms with Gasteiger partial charge in [-0.2, -0.15) is 0 Å². The van der Waals surface area contributed by atoms with Gasteiger partial charge in [0.1, 0.15) is 5.76 Å². The molecule has 1 aromatic carbocycles. The average Bonchev–Trinajstić information content (AvgIpc) is 2.78. The predicted octanol–water partition coefficient (Wildman–Crippen LogP) is 3.71. The van der Waals surface area contributed by atoms with E-state index in [0.717, 1.165) is 16.9 Å². The Morgan fingerprint density at radius 1 is 1.24 bits per heavy atom. The molecule has 0 saturated heterocycles. The van der Waals surface area contributed by atoms with E-state index in [9.17, 15) is 4.79 Å². The van der Waals surface area contributed by atoms with Crippen molar-refractivity contribution in [3.05, 3.63) is 59.0 Å². The first-order valence-corrected chi connectivity index (χ1v) is 5.79. The zero-order chi connectivity index (χ0) is 12.3. The highest BCUT2D eigenvalue weighted by atomic mass is 16.3. The molecule has 0 amide bonds. The summed E-state index contributed by atoms with van der Waals surface area (Å²) in [6.45, 7) is 4.01. The summed E-state index contributed by atoms with van der Waals surface area (Å²) in [5.41, 5.74) is 3.06. The van der Waals surface area contributed by atoms with Crippen LogP contribution in [0.15, 0.2) is 41.0 Å². The molecule has 88 valence electrons. The number of hydrogen-bond donors (Lipinski definition) is 0. The Kier molecular flexibility index (Phi) is 3.43. The van der Waals surface area contributed by atoms with Gasteiger partial charge in [-0.1, -0.05) is 23.8 Å². The largest absolute Gasteiger partial charge is 0.469 e. The predicted molar refractivity (Wildman–Crippen MR) is 67.3 cm³/mol. The molecule has 0 aliphatic carbocycles. The summed E-state index contributed by atoms with van der Waals surface area (Å²) in [5.74, 6) is 1.04. The van der Waals surface area contributed by atoms with E-state index >= 15 is 0 Å². The molecule has 2 heteroatoms. The van der Waals surface area contributed by atoms with Crippen molar-refractivity contribution in [3.8, 4) is 0 Å². The summed E-state index contributed by atoms with van der Waals surface area (Å²) >= 11 is 0. The first-order valence-electron chi connectivity index (χ1n) is 5.79. The Labute approximate surface area is 101 Å². The van der Waals surface area contributed by atoms with Crippen molar-refractivity contribution in [1.82, 2.24) is 0 Å². The third-order valence-corrected chi connectivity index (χ3v) is 2.86. The molecular weight excluding hydrogens is 212 g/mol. The van der Waals surface area contributed by atoms with Crippen molar-refractivity contribution in [2.45, 2.75) is 26.7 Å². The summed E-state index contributed by atoms with van der Waals surface area (Å²) < 4.78 is 5.22. The van der Waals surface area contributed by atoms with Crippen molar-refractivity contribution >= 4 is 5.78 Å². The van der Waals surface area contributed by atoms with Crippen LogP contribution in [-0.2, 0) is 6.42 Å². The molecule has 0 unspecified atom stereocenters. The van der Waals surface area contributed by atoms with Crippen LogP contribution < -0.4 is 0 Å². The molecular formula is C15H16O2. The second-order valence-corrected chi connectivity index (χ2v) is 4.32. The quantitative estimate of drug-likeness (QED) is 0.747. The number of aryl methyl sites for hydroxylation is 3. The summed E-state index contributed by atoms with van der Waals surface area (Å²) in [5, 5.41) is 0. The summed E-state index contributed by atoms with van der Waals surface area (Å²) in [4.78, 5) is 12.0. The Bertz CT molecular complexity index is 510. The maximum Gasteiger partial charge on any atom is 0.163 e. The molecule has 1 heterocycles. The number of ketones is 1. The van der Waals surface area contributed by atoms with Crippen molar-refractivity contribution in [2.24, 2.45) is 0 Å². The van der Waals surface area contributed by atoms with Crippen molar-refractivity contribution in [1.29, 1.82) is 0 Å². The van der Waals surface area contributed by atoms with Crippen LogP contribution in [0.1, 0.15) is 33.7 Å². The first-order chi connectivity index (χ1) is 8.16. The minimum atomic E-state index is 0.180. The van der Waals surface area contributed by atoms with Crippen LogP contribution in [0.5, 0.6) is 0 Å². The SMILES string of the molecule is Cc1ccc(C(=O)CCc2ccco2)c(C)c1. The number of furan rings is 1. The molecule has 0 aliphatic rings. The Balaban J connectivity index is 2.04. The Morgan fingerprint density at radius 2 is 2.06 bits per heavy atom.